The second kappa shape index (κ2) is 6.32. The molecule has 2 unspecified atom stereocenters. The van der Waals surface area contributed by atoms with E-state index in [9.17, 15) is 14.4 Å². The summed E-state index contributed by atoms with van der Waals surface area (Å²) in [6.45, 7) is 2.16. The van der Waals surface area contributed by atoms with Gasteiger partial charge in [-0.05, 0) is 31.8 Å². The Labute approximate surface area is 117 Å². The molecule has 7 heteroatoms. The quantitative estimate of drug-likeness (QED) is 0.638. The molecular weight excluding hydrogens is 262 g/mol. The van der Waals surface area contributed by atoms with E-state index in [-0.39, 0.29) is 30.8 Å². The zero-order chi connectivity index (χ0) is 14.7. The predicted molar refractivity (Wildman–Crippen MR) is 71.0 cm³/mol. The predicted octanol–water partition coefficient (Wildman–Crippen LogP) is -0.870. The van der Waals surface area contributed by atoms with Crippen LogP contribution < -0.4 is 5.32 Å². The van der Waals surface area contributed by atoms with Crippen LogP contribution in [0.5, 0.6) is 0 Å². The third kappa shape index (κ3) is 3.34. The highest BCUT2D eigenvalue weighted by atomic mass is 16.4. The van der Waals surface area contributed by atoms with Gasteiger partial charge in [-0.3, -0.25) is 24.2 Å². The van der Waals surface area contributed by atoms with E-state index in [2.05, 4.69) is 10.2 Å². The molecule has 2 saturated heterocycles. The molecule has 2 rings (SSSR count). The van der Waals surface area contributed by atoms with Crippen molar-refractivity contribution in [1.82, 2.24) is 15.1 Å². The molecule has 2 aliphatic heterocycles. The molecule has 0 aromatic heterocycles. The summed E-state index contributed by atoms with van der Waals surface area (Å²) in [6.07, 6.45) is 2.26. The maximum Gasteiger partial charge on any atom is 0.317 e. The highest BCUT2D eigenvalue weighted by Crippen LogP contribution is 2.23. The molecule has 112 valence electrons. The fourth-order valence-electron chi connectivity index (χ4n) is 2.95. The fourth-order valence-corrected chi connectivity index (χ4v) is 2.95. The lowest BCUT2D eigenvalue weighted by atomic mass is 9.96. The van der Waals surface area contributed by atoms with Crippen LogP contribution in [-0.4, -0.2) is 72.0 Å². The second-order valence-corrected chi connectivity index (χ2v) is 5.54. The molecule has 0 bridgehead atoms. The number of nitrogens with zero attached hydrogens (tertiary/aromatic N) is 2. The van der Waals surface area contributed by atoms with Gasteiger partial charge in [-0.2, -0.15) is 0 Å². The molecular formula is C13H21N3O4. The number of likely N-dealkylation sites (tertiary alicyclic amines) is 2. The smallest absolute Gasteiger partial charge is 0.317 e. The average Bonchev–Trinajstić information content (AvgIpc) is 2.66. The molecule has 2 fully saturated rings. The Morgan fingerprint density at radius 1 is 1.45 bits per heavy atom. The van der Waals surface area contributed by atoms with Gasteiger partial charge in [0.15, 0.2) is 0 Å². The monoisotopic (exact) mass is 283 g/mol. The van der Waals surface area contributed by atoms with Crippen molar-refractivity contribution in [1.29, 1.82) is 0 Å². The van der Waals surface area contributed by atoms with Gasteiger partial charge in [0.2, 0.25) is 11.8 Å². The Morgan fingerprint density at radius 2 is 2.20 bits per heavy atom. The number of rotatable bonds is 5. The van der Waals surface area contributed by atoms with E-state index in [4.69, 9.17) is 5.11 Å². The van der Waals surface area contributed by atoms with Crippen LogP contribution in [0, 0.1) is 5.92 Å². The maximum atomic E-state index is 12.0. The SMILES string of the molecule is CN1C(=O)CC(N2CCCC(CNCC(=O)O)C2)C1=O. The van der Waals surface area contributed by atoms with Gasteiger partial charge in [0, 0.05) is 13.6 Å². The lowest BCUT2D eigenvalue weighted by Gasteiger charge is -2.35. The van der Waals surface area contributed by atoms with E-state index in [0.717, 1.165) is 25.9 Å². The molecule has 0 aromatic carbocycles. The lowest BCUT2D eigenvalue weighted by Crippen LogP contribution is -2.48. The number of piperidine rings is 1. The summed E-state index contributed by atoms with van der Waals surface area (Å²) in [6, 6.07) is -0.324. The fraction of sp³-hybridized carbons (Fsp3) is 0.769. The lowest BCUT2D eigenvalue weighted by molar-refractivity contribution is -0.138. The van der Waals surface area contributed by atoms with Crippen molar-refractivity contribution in [2.24, 2.45) is 5.92 Å². The normalized spacial score (nSPS) is 28.1. The molecule has 2 N–H and O–H groups in total. The number of nitrogens with one attached hydrogen (secondary N) is 1. The Kier molecular flexibility index (Phi) is 4.72. The van der Waals surface area contributed by atoms with Gasteiger partial charge < -0.3 is 10.4 Å². The third-order valence-electron chi connectivity index (χ3n) is 4.06. The van der Waals surface area contributed by atoms with Crippen LogP contribution in [0.4, 0.5) is 0 Å². The van der Waals surface area contributed by atoms with E-state index >= 15 is 0 Å². The Hall–Kier alpha value is -1.47. The first-order chi connectivity index (χ1) is 9.49. The molecule has 0 saturated carbocycles. The standard InChI is InChI=1S/C13H21N3O4/c1-15-11(17)5-10(13(15)20)16-4-2-3-9(8-16)6-14-7-12(18)19/h9-10,14H,2-8H2,1H3,(H,18,19). The van der Waals surface area contributed by atoms with Gasteiger partial charge in [-0.15, -0.1) is 0 Å². The number of carboxylic acids is 1. The summed E-state index contributed by atoms with van der Waals surface area (Å²) in [5.41, 5.74) is 0. The summed E-state index contributed by atoms with van der Waals surface area (Å²) in [5.74, 6) is -0.770. The van der Waals surface area contributed by atoms with E-state index in [0.29, 0.717) is 12.5 Å². The molecule has 2 heterocycles. The number of carbonyl (C=O) groups is 3. The van der Waals surface area contributed by atoms with E-state index < -0.39 is 5.97 Å². The minimum Gasteiger partial charge on any atom is -0.480 e. The van der Waals surface area contributed by atoms with Crippen LogP contribution in [0.15, 0.2) is 0 Å². The van der Waals surface area contributed by atoms with Gasteiger partial charge in [-0.1, -0.05) is 0 Å². The highest BCUT2D eigenvalue weighted by molar-refractivity contribution is 6.05. The van der Waals surface area contributed by atoms with Crippen molar-refractivity contribution in [3.05, 3.63) is 0 Å². The zero-order valence-corrected chi connectivity index (χ0v) is 11.7. The van der Waals surface area contributed by atoms with Crippen molar-refractivity contribution >= 4 is 17.8 Å². The first-order valence-corrected chi connectivity index (χ1v) is 6.96. The van der Waals surface area contributed by atoms with Crippen molar-refractivity contribution in [3.8, 4) is 0 Å². The summed E-state index contributed by atoms with van der Waals surface area (Å²) in [5, 5.41) is 11.5. The van der Waals surface area contributed by atoms with Crippen LogP contribution >= 0.6 is 0 Å². The number of imide groups is 1. The van der Waals surface area contributed by atoms with Crippen LogP contribution in [0.2, 0.25) is 0 Å². The molecule has 0 spiro atoms. The molecule has 7 nitrogen and oxygen atoms in total. The first kappa shape index (κ1) is 14.9. The van der Waals surface area contributed by atoms with E-state index in [1.54, 1.807) is 0 Å². The van der Waals surface area contributed by atoms with Gasteiger partial charge in [0.05, 0.1) is 19.0 Å². The Morgan fingerprint density at radius 3 is 2.80 bits per heavy atom. The summed E-state index contributed by atoms with van der Waals surface area (Å²) in [7, 11) is 1.53. The van der Waals surface area contributed by atoms with Crippen LogP contribution in [-0.2, 0) is 14.4 Å². The number of carbonyl (C=O) groups excluding carboxylic acids is 2. The van der Waals surface area contributed by atoms with Gasteiger partial charge >= 0.3 is 5.97 Å². The molecule has 20 heavy (non-hydrogen) atoms. The van der Waals surface area contributed by atoms with Crippen LogP contribution in [0.1, 0.15) is 19.3 Å². The topological polar surface area (TPSA) is 90.0 Å². The summed E-state index contributed by atoms with van der Waals surface area (Å²) >= 11 is 0. The minimum absolute atomic E-state index is 0.0416. The van der Waals surface area contributed by atoms with Gasteiger partial charge in [0.1, 0.15) is 0 Å². The average molecular weight is 283 g/mol. The molecule has 2 amide bonds. The number of hydrogen-bond donors (Lipinski definition) is 2. The first-order valence-electron chi connectivity index (χ1n) is 6.96. The minimum atomic E-state index is -0.865. The third-order valence-corrected chi connectivity index (χ3v) is 4.06. The summed E-state index contributed by atoms with van der Waals surface area (Å²) < 4.78 is 0. The molecule has 0 radical (unpaired) electrons. The van der Waals surface area contributed by atoms with Crippen molar-refractivity contribution in [2.45, 2.75) is 25.3 Å². The number of hydrogen-bond acceptors (Lipinski definition) is 5. The second-order valence-electron chi connectivity index (χ2n) is 5.54. The van der Waals surface area contributed by atoms with Crippen molar-refractivity contribution < 1.29 is 19.5 Å². The molecule has 0 aromatic rings. The largest absolute Gasteiger partial charge is 0.480 e. The maximum absolute atomic E-state index is 12.0. The number of amides is 2. The van der Waals surface area contributed by atoms with E-state index in [1.165, 1.54) is 11.9 Å². The molecule has 2 atom stereocenters. The van der Waals surface area contributed by atoms with E-state index in [1.807, 2.05) is 0 Å². The number of likely N-dealkylation sites (N-methyl/N-ethyl adjacent to an activating group) is 1. The zero-order valence-electron chi connectivity index (χ0n) is 11.7. The molecule has 0 aliphatic carbocycles. The van der Waals surface area contributed by atoms with Crippen LogP contribution in [0.3, 0.4) is 0 Å². The highest BCUT2D eigenvalue weighted by Gasteiger charge is 2.40. The number of aliphatic carboxylic acids is 1. The van der Waals surface area contributed by atoms with Gasteiger partial charge in [-0.25, -0.2) is 0 Å². The van der Waals surface area contributed by atoms with Crippen molar-refractivity contribution in [3.63, 3.8) is 0 Å². The summed E-state index contributed by atoms with van der Waals surface area (Å²) in [4.78, 5) is 37.3. The van der Waals surface area contributed by atoms with Crippen molar-refractivity contribution in [2.75, 3.05) is 33.2 Å². The van der Waals surface area contributed by atoms with Gasteiger partial charge in [0.25, 0.3) is 0 Å². The van der Waals surface area contributed by atoms with Crippen LogP contribution in [0.25, 0.3) is 0 Å². The molecule has 2 aliphatic rings. The Bertz CT molecular complexity index is 412. The number of carboxylic acid groups (broad SMARTS) is 1. The Balaban J connectivity index is 1.86.